The van der Waals surface area contributed by atoms with Gasteiger partial charge in [0.15, 0.2) is 11.5 Å². The molecule has 1 aliphatic heterocycles. The molecule has 1 amide bonds. The lowest BCUT2D eigenvalue weighted by atomic mass is 9.99. The Kier molecular flexibility index (Phi) is 8.87. The minimum Gasteiger partial charge on any atom is -0.493 e. The number of nitrogens with zero attached hydrogens (tertiary/aromatic N) is 1. The van der Waals surface area contributed by atoms with Crippen molar-refractivity contribution in [3.05, 3.63) is 57.6 Å². The lowest BCUT2D eigenvalue weighted by Gasteiger charge is -2.31. The molecule has 2 aromatic carbocycles. The summed E-state index contributed by atoms with van der Waals surface area (Å²) in [5.41, 5.74) is 1.49. The van der Waals surface area contributed by atoms with Crippen LogP contribution in [0.5, 0.6) is 11.5 Å². The van der Waals surface area contributed by atoms with E-state index in [1.54, 1.807) is 26.4 Å². The van der Waals surface area contributed by atoms with Crippen LogP contribution in [0.1, 0.15) is 24.0 Å². The van der Waals surface area contributed by atoms with Crippen LogP contribution in [0.3, 0.4) is 0 Å². The van der Waals surface area contributed by atoms with Crippen molar-refractivity contribution >= 4 is 39.1 Å². The van der Waals surface area contributed by atoms with Gasteiger partial charge >= 0.3 is 0 Å². The molecule has 1 heterocycles. The highest BCUT2D eigenvalue weighted by molar-refractivity contribution is 7.88. The minimum atomic E-state index is -3.62. The number of piperidine rings is 1. The van der Waals surface area contributed by atoms with Gasteiger partial charge in [0.05, 0.1) is 25.9 Å². The second-order valence-corrected chi connectivity index (χ2v) is 10.7. The first-order valence-corrected chi connectivity index (χ1v) is 13.0. The molecule has 7 nitrogen and oxygen atoms in total. The lowest BCUT2D eigenvalue weighted by Crippen LogP contribution is -2.46. The number of sulfonamides is 1. The number of hydrogen-bond acceptors (Lipinski definition) is 5. The van der Waals surface area contributed by atoms with Crippen molar-refractivity contribution < 1.29 is 22.7 Å². The van der Waals surface area contributed by atoms with Crippen LogP contribution in [-0.4, -0.2) is 52.5 Å². The van der Waals surface area contributed by atoms with Gasteiger partial charge in [-0.15, -0.1) is 0 Å². The molecule has 10 heteroatoms. The Morgan fingerprint density at radius 1 is 1.12 bits per heavy atom. The van der Waals surface area contributed by atoms with E-state index in [2.05, 4.69) is 5.32 Å². The van der Waals surface area contributed by atoms with Crippen molar-refractivity contribution in [3.8, 4) is 11.5 Å². The molecule has 1 unspecified atom stereocenters. The van der Waals surface area contributed by atoms with Crippen molar-refractivity contribution in [3.63, 3.8) is 0 Å². The molecule has 180 valence electrons. The van der Waals surface area contributed by atoms with E-state index in [9.17, 15) is 13.2 Å². The highest BCUT2D eigenvalue weighted by Gasteiger charge is 2.32. The van der Waals surface area contributed by atoms with Gasteiger partial charge in [-0.3, -0.25) is 4.79 Å². The van der Waals surface area contributed by atoms with E-state index in [0.717, 1.165) is 5.56 Å². The zero-order chi connectivity index (χ0) is 24.0. The van der Waals surface area contributed by atoms with Gasteiger partial charge in [0, 0.05) is 29.7 Å². The Balaban J connectivity index is 1.55. The summed E-state index contributed by atoms with van der Waals surface area (Å²) in [5, 5.41) is 3.70. The van der Waals surface area contributed by atoms with E-state index in [-0.39, 0.29) is 24.1 Å². The highest BCUT2D eigenvalue weighted by atomic mass is 35.5. The summed E-state index contributed by atoms with van der Waals surface area (Å²) in [5.74, 6) is 0.528. The molecule has 2 aromatic rings. The van der Waals surface area contributed by atoms with Gasteiger partial charge < -0.3 is 14.8 Å². The van der Waals surface area contributed by atoms with Gasteiger partial charge in [0.25, 0.3) is 0 Å². The number of carbonyl (C=O) groups excluding carboxylic acids is 1. The van der Waals surface area contributed by atoms with Gasteiger partial charge in [-0.1, -0.05) is 35.3 Å². The quantitative estimate of drug-likeness (QED) is 0.548. The third kappa shape index (κ3) is 6.76. The van der Waals surface area contributed by atoms with Crippen molar-refractivity contribution in [2.24, 2.45) is 5.92 Å². The zero-order valence-corrected chi connectivity index (χ0v) is 21.0. The number of rotatable bonds is 9. The van der Waals surface area contributed by atoms with Crippen LogP contribution in [-0.2, 0) is 27.0 Å². The van der Waals surface area contributed by atoms with Gasteiger partial charge in [-0.25, -0.2) is 12.7 Å². The SMILES string of the molecule is COc1ccc(CCNC(=O)C2CCCN(S(=O)(=O)Cc3ccc(Cl)cc3Cl)C2)cc1OC. The topological polar surface area (TPSA) is 84.9 Å². The number of carbonyl (C=O) groups is 1. The van der Waals surface area contributed by atoms with Crippen molar-refractivity contribution in [2.45, 2.75) is 25.0 Å². The number of nitrogens with one attached hydrogen (secondary N) is 1. The summed E-state index contributed by atoms with van der Waals surface area (Å²) in [6.07, 6.45) is 1.90. The van der Waals surface area contributed by atoms with Crippen LogP contribution in [0.25, 0.3) is 0 Å². The van der Waals surface area contributed by atoms with E-state index >= 15 is 0 Å². The summed E-state index contributed by atoms with van der Waals surface area (Å²) < 4.78 is 37.8. The fourth-order valence-corrected chi connectivity index (χ4v) is 6.04. The highest BCUT2D eigenvalue weighted by Crippen LogP contribution is 2.28. The van der Waals surface area contributed by atoms with Gasteiger partial charge in [0.1, 0.15) is 0 Å². The van der Waals surface area contributed by atoms with Crippen LogP contribution in [0.15, 0.2) is 36.4 Å². The van der Waals surface area contributed by atoms with Crippen LogP contribution < -0.4 is 14.8 Å². The smallest absolute Gasteiger partial charge is 0.224 e. The summed E-state index contributed by atoms with van der Waals surface area (Å²) >= 11 is 12.1. The minimum absolute atomic E-state index is 0.139. The van der Waals surface area contributed by atoms with Crippen LogP contribution >= 0.6 is 23.2 Å². The van der Waals surface area contributed by atoms with E-state index in [4.69, 9.17) is 32.7 Å². The molecule has 3 rings (SSSR count). The number of ether oxygens (including phenoxy) is 2. The number of benzene rings is 2. The Labute approximate surface area is 205 Å². The first-order chi connectivity index (χ1) is 15.7. The predicted molar refractivity (Wildman–Crippen MR) is 130 cm³/mol. The molecule has 1 aliphatic rings. The average molecular weight is 515 g/mol. The van der Waals surface area contributed by atoms with E-state index in [1.165, 1.54) is 10.4 Å². The second-order valence-electron chi connectivity index (χ2n) is 7.92. The number of amides is 1. The van der Waals surface area contributed by atoms with Crippen molar-refractivity contribution in [1.82, 2.24) is 9.62 Å². The first kappa shape index (κ1) is 25.6. The fourth-order valence-electron chi connectivity index (χ4n) is 3.85. The fraction of sp³-hybridized carbons (Fsp3) is 0.435. The van der Waals surface area contributed by atoms with Gasteiger partial charge in [-0.2, -0.15) is 0 Å². The molecule has 1 fully saturated rings. The van der Waals surface area contributed by atoms with Gasteiger partial charge in [-0.05, 0) is 54.7 Å². The maximum Gasteiger partial charge on any atom is 0.224 e. The summed E-state index contributed by atoms with van der Waals surface area (Å²) in [7, 11) is -0.461. The molecule has 0 saturated carbocycles. The molecule has 1 saturated heterocycles. The maximum absolute atomic E-state index is 13.0. The van der Waals surface area contributed by atoms with E-state index in [1.807, 2.05) is 18.2 Å². The Morgan fingerprint density at radius 2 is 1.88 bits per heavy atom. The van der Waals surface area contributed by atoms with E-state index < -0.39 is 10.0 Å². The third-order valence-electron chi connectivity index (χ3n) is 5.66. The number of methoxy groups -OCH3 is 2. The molecule has 1 N–H and O–H groups in total. The van der Waals surface area contributed by atoms with E-state index in [0.29, 0.717) is 59.5 Å². The third-order valence-corrected chi connectivity index (χ3v) is 8.04. The zero-order valence-electron chi connectivity index (χ0n) is 18.6. The summed E-state index contributed by atoms with van der Waals surface area (Å²) in [4.78, 5) is 12.7. The molecule has 0 bridgehead atoms. The average Bonchev–Trinajstić information content (AvgIpc) is 2.80. The molecule has 33 heavy (non-hydrogen) atoms. The van der Waals surface area contributed by atoms with Crippen LogP contribution in [0.2, 0.25) is 10.0 Å². The first-order valence-electron chi connectivity index (χ1n) is 10.6. The number of hydrogen-bond donors (Lipinski definition) is 1. The lowest BCUT2D eigenvalue weighted by molar-refractivity contribution is -0.126. The van der Waals surface area contributed by atoms with Crippen LogP contribution in [0.4, 0.5) is 0 Å². The largest absolute Gasteiger partial charge is 0.493 e. The summed E-state index contributed by atoms with van der Waals surface area (Å²) in [6.45, 7) is 0.997. The molecular weight excluding hydrogens is 487 g/mol. The monoisotopic (exact) mass is 514 g/mol. The maximum atomic E-state index is 13.0. The molecular formula is C23H28Cl2N2O5S. The van der Waals surface area contributed by atoms with Gasteiger partial charge in [0.2, 0.25) is 15.9 Å². The second kappa shape index (κ2) is 11.4. The molecule has 0 radical (unpaired) electrons. The molecule has 0 aliphatic carbocycles. The number of halogens is 2. The molecule has 0 aromatic heterocycles. The molecule has 1 atom stereocenters. The normalized spacial score (nSPS) is 16.9. The van der Waals surface area contributed by atoms with Crippen molar-refractivity contribution in [2.75, 3.05) is 33.9 Å². The Morgan fingerprint density at radius 3 is 2.58 bits per heavy atom. The summed E-state index contributed by atoms with van der Waals surface area (Å²) in [6, 6.07) is 10.4. The van der Waals surface area contributed by atoms with Crippen molar-refractivity contribution in [1.29, 1.82) is 0 Å². The Bertz CT molecular complexity index is 1090. The molecule has 0 spiro atoms. The predicted octanol–water partition coefficient (Wildman–Crippen LogP) is 3.91. The Hall–Kier alpha value is -2.00. The van der Waals surface area contributed by atoms with Crippen LogP contribution in [0, 0.1) is 5.92 Å². The standard InChI is InChI=1S/C23H28Cl2N2O5S/c1-31-21-8-5-16(12-22(21)32-2)9-10-26-23(28)17-4-3-11-27(14-17)33(29,30)15-18-6-7-19(24)13-20(18)25/h5-8,12-13,17H,3-4,9-11,14-15H2,1-2H3,(H,26,28).